The Labute approximate surface area is 110 Å². The van der Waals surface area contributed by atoms with Gasteiger partial charge in [0.15, 0.2) is 0 Å². The minimum absolute atomic E-state index is 0.845. The molecule has 98 valence electrons. The lowest BCUT2D eigenvalue weighted by Crippen LogP contribution is -2.48. The Morgan fingerprint density at radius 3 is 2.24 bits per heavy atom. The summed E-state index contributed by atoms with van der Waals surface area (Å²) in [4.78, 5) is 0. The van der Waals surface area contributed by atoms with Crippen molar-refractivity contribution in [3.8, 4) is 5.75 Å². The maximum atomic E-state index is 5.81. The van der Waals surface area contributed by atoms with E-state index in [4.69, 9.17) is 4.74 Å². The molecule has 0 aromatic carbocycles. The Bertz CT molecular complexity index is 310. The predicted molar refractivity (Wildman–Crippen MR) is 75.9 cm³/mol. The van der Waals surface area contributed by atoms with E-state index in [1.807, 2.05) is 0 Å². The summed E-state index contributed by atoms with van der Waals surface area (Å²) in [5.41, 5.74) is 1.26. The lowest BCUT2D eigenvalue weighted by molar-refractivity contribution is -0.923. The first kappa shape index (κ1) is 14.5. The highest BCUT2D eigenvalue weighted by Gasteiger charge is 2.19. The first-order chi connectivity index (χ1) is 8.17. The number of nitrogens with zero attached hydrogens (tertiary/aromatic N) is 1. The van der Waals surface area contributed by atoms with Gasteiger partial charge in [-0.15, -0.1) is 11.3 Å². The highest BCUT2D eigenvalue weighted by molar-refractivity contribution is 7.08. The predicted octanol–water partition coefficient (Wildman–Crippen LogP) is 3.70. The second-order valence-corrected chi connectivity index (χ2v) is 5.38. The van der Waals surface area contributed by atoms with Crippen LogP contribution in [0, 0.1) is 6.92 Å². The van der Waals surface area contributed by atoms with Gasteiger partial charge in [0.2, 0.25) is 0 Å². The van der Waals surface area contributed by atoms with Crippen molar-refractivity contribution >= 4 is 11.3 Å². The molecule has 0 N–H and O–H groups in total. The van der Waals surface area contributed by atoms with Crippen molar-refractivity contribution in [3.63, 3.8) is 0 Å². The molecule has 17 heavy (non-hydrogen) atoms. The van der Waals surface area contributed by atoms with Gasteiger partial charge in [0.25, 0.3) is 0 Å². The number of ether oxygens (including phenoxy) is 1. The number of quaternary nitrogens is 1. The Morgan fingerprint density at radius 2 is 1.76 bits per heavy atom. The Hall–Kier alpha value is -0.540. The molecule has 0 unspecified atom stereocenters. The molecule has 0 spiro atoms. The van der Waals surface area contributed by atoms with E-state index < -0.39 is 0 Å². The van der Waals surface area contributed by atoms with Crippen LogP contribution in [0.1, 0.15) is 32.8 Å². The summed E-state index contributed by atoms with van der Waals surface area (Å²) in [5.74, 6) is 1.07. The zero-order valence-electron chi connectivity index (χ0n) is 11.7. The summed E-state index contributed by atoms with van der Waals surface area (Å²) in [5, 5.41) is 4.23. The zero-order valence-corrected chi connectivity index (χ0v) is 12.5. The molecule has 0 aliphatic carbocycles. The molecule has 1 heterocycles. The van der Waals surface area contributed by atoms with Gasteiger partial charge in [-0.3, -0.25) is 0 Å². The van der Waals surface area contributed by atoms with Gasteiger partial charge in [-0.1, -0.05) is 0 Å². The van der Waals surface area contributed by atoms with Gasteiger partial charge in [0.05, 0.1) is 32.8 Å². The van der Waals surface area contributed by atoms with Crippen LogP contribution in [0.3, 0.4) is 0 Å². The molecule has 3 heteroatoms. The van der Waals surface area contributed by atoms with E-state index in [0.29, 0.717) is 0 Å². The van der Waals surface area contributed by atoms with Crippen molar-refractivity contribution in [2.75, 3.05) is 32.8 Å². The Morgan fingerprint density at radius 1 is 1.12 bits per heavy atom. The number of aryl methyl sites for hydroxylation is 1. The fourth-order valence-electron chi connectivity index (χ4n) is 2.22. The average Bonchev–Trinajstić information content (AvgIpc) is 2.76. The highest BCUT2D eigenvalue weighted by atomic mass is 32.1. The molecule has 0 atom stereocenters. The van der Waals surface area contributed by atoms with E-state index in [1.54, 1.807) is 11.3 Å². The van der Waals surface area contributed by atoms with Gasteiger partial charge in [0, 0.05) is 17.4 Å². The SMILES string of the molecule is CC[N+](CC)(CC)CCCOc1cscc1C. The topological polar surface area (TPSA) is 9.23 Å². The van der Waals surface area contributed by atoms with Gasteiger partial charge in [-0.05, 0) is 33.1 Å². The second-order valence-electron chi connectivity index (χ2n) is 4.63. The van der Waals surface area contributed by atoms with Crippen LogP contribution < -0.4 is 4.74 Å². The summed E-state index contributed by atoms with van der Waals surface area (Å²) >= 11 is 1.71. The number of thiophene rings is 1. The van der Waals surface area contributed by atoms with Crippen molar-refractivity contribution < 1.29 is 9.22 Å². The van der Waals surface area contributed by atoms with E-state index in [2.05, 4.69) is 38.5 Å². The fourth-order valence-corrected chi connectivity index (χ4v) is 2.99. The van der Waals surface area contributed by atoms with Crippen LogP contribution >= 0.6 is 11.3 Å². The van der Waals surface area contributed by atoms with Gasteiger partial charge < -0.3 is 9.22 Å². The quantitative estimate of drug-likeness (QED) is 0.509. The summed E-state index contributed by atoms with van der Waals surface area (Å²) in [6.45, 7) is 14.7. The molecule has 0 saturated heterocycles. The summed E-state index contributed by atoms with van der Waals surface area (Å²) in [6.07, 6.45) is 1.14. The molecule has 0 bridgehead atoms. The largest absolute Gasteiger partial charge is 0.492 e. The van der Waals surface area contributed by atoms with Crippen molar-refractivity contribution in [1.29, 1.82) is 0 Å². The van der Waals surface area contributed by atoms with Gasteiger partial charge >= 0.3 is 0 Å². The van der Waals surface area contributed by atoms with E-state index in [0.717, 1.165) is 18.8 Å². The molecule has 0 aliphatic heterocycles. The van der Waals surface area contributed by atoms with Crippen LogP contribution in [0.15, 0.2) is 10.8 Å². The van der Waals surface area contributed by atoms with Gasteiger partial charge in [-0.2, -0.15) is 0 Å². The minimum Gasteiger partial charge on any atom is -0.492 e. The number of hydrogen-bond acceptors (Lipinski definition) is 2. The maximum absolute atomic E-state index is 5.81. The van der Waals surface area contributed by atoms with Crippen molar-refractivity contribution in [2.24, 2.45) is 0 Å². The third kappa shape index (κ3) is 4.00. The Kier molecular flexibility index (Phi) is 6.00. The molecule has 0 radical (unpaired) electrons. The molecule has 1 aromatic rings. The lowest BCUT2D eigenvalue weighted by Gasteiger charge is -2.35. The van der Waals surface area contributed by atoms with E-state index in [-0.39, 0.29) is 0 Å². The molecule has 0 saturated carbocycles. The van der Waals surface area contributed by atoms with Crippen LogP contribution in [-0.4, -0.2) is 37.3 Å². The van der Waals surface area contributed by atoms with E-state index in [9.17, 15) is 0 Å². The molecule has 0 aliphatic rings. The Balaban J connectivity index is 2.30. The van der Waals surface area contributed by atoms with Crippen LogP contribution in [-0.2, 0) is 0 Å². The van der Waals surface area contributed by atoms with E-state index in [1.165, 1.54) is 36.2 Å². The third-order valence-electron chi connectivity index (χ3n) is 3.86. The molecular weight excluding hydrogens is 230 g/mol. The standard InChI is InChI=1S/C14H26NOS/c1-5-15(6-2,7-3)9-8-10-16-14-12-17-11-13(14)4/h11-12H,5-10H2,1-4H3/q+1. The molecule has 0 amide bonds. The highest BCUT2D eigenvalue weighted by Crippen LogP contribution is 2.22. The van der Waals surface area contributed by atoms with Crippen molar-refractivity contribution in [2.45, 2.75) is 34.1 Å². The zero-order chi connectivity index (χ0) is 12.7. The molecular formula is C14H26NOS+. The van der Waals surface area contributed by atoms with Crippen LogP contribution in [0.5, 0.6) is 5.75 Å². The molecule has 0 fully saturated rings. The van der Waals surface area contributed by atoms with Gasteiger partial charge in [0.1, 0.15) is 5.75 Å². The molecule has 1 rings (SSSR count). The normalized spacial score (nSPS) is 11.8. The number of hydrogen-bond donors (Lipinski definition) is 0. The van der Waals surface area contributed by atoms with E-state index >= 15 is 0 Å². The van der Waals surface area contributed by atoms with Crippen LogP contribution in [0.4, 0.5) is 0 Å². The monoisotopic (exact) mass is 256 g/mol. The minimum atomic E-state index is 0.845. The summed E-state index contributed by atoms with van der Waals surface area (Å²) < 4.78 is 7.02. The first-order valence-electron chi connectivity index (χ1n) is 6.68. The van der Waals surface area contributed by atoms with Gasteiger partial charge in [-0.25, -0.2) is 0 Å². The summed E-state index contributed by atoms with van der Waals surface area (Å²) in [6, 6.07) is 0. The van der Waals surface area contributed by atoms with Crippen molar-refractivity contribution in [3.05, 3.63) is 16.3 Å². The molecule has 2 nitrogen and oxygen atoms in total. The lowest BCUT2D eigenvalue weighted by atomic mass is 10.3. The van der Waals surface area contributed by atoms with Crippen LogP contribution in [0.2, 0.25) is 0 Å². The second kappa shape index (κ2) is 7.02. The summed E-state index contributed by atoms with van der Waals surface area (Å²) in [7, 11) is 0. The van der Waals surface area contributed by atoms with Crippen LogP contribution in [0.25, 0.3) is 0 Å². The number of rotatable bonds is 8. The smallest absolute Gasteiger partial charge is 0.132 e. The third-order valence-corrected chi connectivity index (χ3v) is 4.70. The van der Waals surface area contributed by atoms with Crippen molar-refractivity contribution in [1.82, 2.24) is 0 Å². The average molecular weight is 256 g/mol. The maximum Gasteiger partial charge on any atom is 0.132 e. The fraction of sp³-hybridized carbons (Fsp3) is 0.714. The first-order valence-corrected chi connectivity index (χ1v) is 7.62. The molecule has 1 aromatic heterocycles.